The summed E-state index contributed by atoms with van der Waals surface area (Å²) in [6.07, 6.45) is 4.03. The highest BCUT2D eigenvalue weighted by Gasteiger charge is 2.26. The van der Waals surface area contributed by atoms with E-state index in [4.69, 9.17) is 10.00 Å². The van der Waals surface area contributed by atoms with E-state index >= 15 is 0 Å². The van der Waals surface area contributed by atoms with Gasteiger partial charge in [0.15, 0.2) is 0 Å². The van der Waals surface area contributed by atoms with Gasteiger partial charge in [-0.25, -0.2) is 9.97 Å². The quantitative estimate of drug-likeness (QED) is 0.853. The van der Waals surface area contributed by atoms with E-state index < -0.39 is 0 Å². The van der Waals surface area contributed by atoms with Crippen molar-refractivity contribution in [1.82, 2.24) is 9.97 Å². The van der Waals surface area contributed by atoms with Crippen LogP contribution in [0.25, 0.3) is 0 Å². The maximum atomic E-state index is 8.73. The molecule has 5 heteroatoms. The van der Waals surface area contributed by atoms with E-state index in [0.29, 0.717) is 23.7 Å². The predicted octanol–water partition coefficient (Wildman–Crippen LogP) is 1.58. The maximum Gasteiger partial charge on any atom is 0.223 e. The van der Waals surface area contributed by atoms with Crippen molar-refractivity contribution in [2.24, 2.45) is 5.92 Å². The number of nitrogens with one attached hydrogen (secondary N) is 1. The molecule has 2 rings (SSSR count). The first-order chi connectivity index (χ1) is 8.33. The Balaban J connectivity index is 1.91. The van der Waals surface area contributed by atoms with Gasteiger partial charge in [0, 0.05) is 25.3 Å². The normalized spacial score (nSPS) is 23.3. The molecular weight excluding hydrogens is 216 g/mol. The minimum atomic E-state index is 0.335. The lowest BCUT2D eigenvalue weighted by molar-refractivity contribution is 0.0900. The van der Waals surface area contributed by atoms with Gasteiger partial charge < -0.3 is 10.1 Å². The van der Waals surface area contributed by atoms with E-state index in [9.17, 15) is 0 Å². The monoisotopic (exact) mass is 232 g/mol. The molecule has 0 amide bonds. The Bertz CT molecular complexity index is 415. The van der Waals surface area contributed by atoms with Gasteiger partial charge in [0.2, 0.25) is 5.95 Å². The molecule has 0 spiro atoms. The molecule has 1 aromatic rings. The zero-order valence-corrected chi connectivity index (χ0v) is 9.89. The summed E-state index contributed by atoms with van der Waals surface area (Å²) in [4.78, 5) is 8.16. The van der Waals surface area contributed by atoms with E-state index in [1.54, 1.807) is 12.3 Å². The SMILES string of the molecule is CCC1OCCC1CNc1nccc(C#N)n1. The van der Waals surface area contributed by atoms with Crippen LogP contribution in [0.4, 0.5) is 5.95 Å². The molecule has 1 aromatic heterocycles. The van der Waals surface area contributed by atoms with Crippen molar-refractivity contribution in [2.45, 2.75) is 25.9 Å². The molecule has 0 radical (unpaired) electrons. The lowest BCUT2D eigenvalue weighted by Crippen LogP contribution is -2.23. The first kappa shape index (κ1) is 11.8. The molecule has 90 valence electrons. The Kier molecular flexibility index (Phi) is 3.89. The molecule has 0 saturated carbocycles. The first-order valence-corrected chi connectivity index (χ1v) is 5.92. The molecule has 1 aliphatic heterocycles. The van der Waals surface area contributed by atoms with Gasteiger partial charge in [-0.1, -0.05) is 6.92 Å². The zero-order valence-electron chi connectivity index (χ0n) is 9.89. The van der Waals surface area contributed by atoms with Crippen molar-refractivity contribution in [2.75, 3.05) is 18.5 Å². The van der Waals surface area contributed by atoms with Crippen LogP contribution in [0, 0.1) is 17.2 Å². The van der Waals surface area contributed by atoms with Crippen LogP contribution in [0.5, 0.6) is 0 Å². The Morgan fingerprint density at radius 3 is 3.29 bits per heavy atom. The number of hydrogen-bond acceptors (Lipinski definition) is 5. The van der Waals surface area contributed by atoms with Crippen LogP contribution in [-0.2, 0) is 4.74 Å². The van der Waals surface area contributed by atoms with Crippen molar-refractivity contribution >= 4 is 5.95 Å². The Labute approximate surface area is 101 Å². The highest BCUT2D eigenvalue weighted by atomic mass is 16.5. The molecule has 2 heterocycles. The van der Waals surface area contributed by atoms with Crippen molar-refractivity contribution in [1.29, 1.82) is 5.26 Å². The van der Waals surface area contributed by atoms with E-state index in [0.717, 1.165) is 26.0 Å². The molecule has 0 bridgehead atoms. The van der Waals surface area contributed by atoms with Crippen LogP contribution >= 0.6 is 0 Å². The lowest BCUT2D eigenvalue weighted by atomic mass is 10.00. The second-order valence-corrected chi connectivity index (χ2v) is 4.12. The van der Waals surface area contributed by atoms with Gasteiger partial charge in [-0.2, -0.15) is 5.26 Å². The standard InChI is InChI=1S/C12H16N4O/c1-2-11-9(4-6-17-11)8-15-12-14-5-3-10(7-13)16-12/h3,5,9,11H,2,4,6,8H2,1H3,(H,14,15,16). The second kappa shape index (κ2) is 5.60. The van der Waals surface area contributed by atoms with Crippen LogP contribution in [0.1, 0.15) is 25.5 Å². The average molecular weight is 232 g/mol. The smallest absolute Gasteiger partial charge is 0.223 e. The molecule has 1 aliphatic rings. The van der Waals surface area contributed by atoms with Gasteiger partial charge in [-0.05, 0) is 18.9 Å². The highest BCUT2D eigenvalue weighted by Crippen LogP contribution is 2.23. The predicted molar refractivity (Wildman–Crippen MR) is 63.4 cm³/mol. The fourth-order valence-corrected chi connectivity index (χ4v) is 2.11. The summed E-state index contributed by atoms with van der Waals surface area (Å²) in [7, 11) is 0. The topological polar surface area (TPSA) is 70.8 Å². The summed E-state index contributed by atoms with van der Waals surface area (Å²) in [5, 5.41) is 11.9. The highest BCUT2D eigenvalue weighted by molar-refractivity contribution is 5.30. The van der Waals surface area contributed by atoms with Gasteiger partial charge >= 0.3 is 0 Å². The number of nitrogens with zero attached hydrogens (tertiary/aromatic N) is 3. The van der Waals surface area contributed by atoms with E-state index in [-0.39, 0.29) is 0 Å². The number of anilines is 1. The molecule has 0 aliphatic carbocycles. The van der Waals surface area contributed by atoms with Gasteiger partial charge in [0.05, 0.1) is 6.10 Å². The largest absolute Gasteiger partial charge is 0.378 e. The third-order valence-corrected chi connectivity index (χ3v) is 3.04. The number of rotatable bonds is 4. The molecular formula is C12H16N4O. The van der Waals surface area contributed by atoms with Gasteiger partial charge in [0.1, 0.15) is 11.8 Å². The molecule has 1 N–H and O–H groups in total. The van der Waals surface area contributed by atoms with Gasteiger partial charge in [-0.3, -0.25) is 0 Å². The maximum absolute atomic E-state index is 8.73. The van der Waals surface area contributed by atoms with E-state index in [1.165, 1.54) is 0 Å². The third-order valence-electron chi connectivity index (χ3n) is 3.04. The number of ether oxygens (including phenoxy) is 1. The molecule has 17 heavy (non-hydrogen) atoms. The van der Waals surface area contributed by atoms with Crippen LogP contribution < -0.4 is 5.32 Å². The van der Waals surface area contributed by atoms with Crippen LogP contribution in [0.3, 0.4) is 0 Å². The molecule has 1 saturated heterocycles. The Hall–Kier alpha value is -1.67. The Morgan fingerprint density at radius 2 is 2.53 bits per heavy atom. The van der Waals surface area contributed by atoms with Crippen LogP contribution in [0.2, 0.25) is 0 Å². The van der Waals surface area contributed by atoms with Crippen molar-refractivity contribution in [3.05, 3.63) is 18.0 Å². The van der Waals surface area contributed by atoms with Crippen molar-refractivity contribution in [3.8, 4) is 6.07 Å². The summed E-state index contributed by atoms with van der Waals surface area (Å²) in [6.45, 7) is 3.77. The van der Waals surface area contributed by atoms with Crippen LogP contribution in [-0.4, -0.2) is 29.2 Å². The van der Waals surface area contributed by atoms with Crippen molar-refractivity contribution < 1.29 is 4.74 Å². The number of nitriles is 1. The fraction of sp³-hybridized carbons (Fsp3) is 0.583. The average Bonchev–Trinajstić information content (AvgIpc) is 2.84. The Morgan fingerprint density at radius 1 is 1.65 bits per heavy atom. The van der Waals surface area contributed by atoms with Gasteiger partial charge in [-0.15, -0.1) is 0 Å². The summed E-state index contributed by atoms with van der Waals surface area (Å²) in [5.74, 6) is 1.03. The fourth-order valence-electron chi connectivity index (χ4n) is 2.11. The van der Waals surface area contributed by atoms with Gasteiger partial charge in [0.25, 0.3) is 0 Å². The third kappa shape index (κ3) is 2.92. The molecule has 0 aromatic carbocycles. The number of aromatic nitrogens is 2. The van der Waals surface area contributed by atoms with E-state index in [1.807, 2.05) is 6.07 Å². The summed E-state index contributed by atoms with van der Waals surface area (Å²) >= 11 is 0. The molecule has 2 atom stereocenters. The summed E-state index contributed by atoms with van der Waals surface area (Å²) in [6, 6.07) is 3.60. The van der Waals surface area contributed by atoms with Crippen molar-refractivity contribution in [3.63, 3.8) is 0 Å². The molecule has 1 fully saturated rings. The molecule has 5 nitrogen and oxygen atoms in total. The molecule has 2 unspecified atom stereocenters. The minimum absolute atomic E-state index is 0.335. The minimum Gasteiger partial charge on any atom is -0.378 e. The zero-order chi connectivity index (χ0) is 12.1. The van der Waals surface area contributed by atoms with Crippen LogP contribution in [0.15, 0.2) is 12.3 Å². The van der Waals surface area contributed by atoms with E-state index in [2.05, 4.69) is 22.2 Å². The summed E-state index contributed by atoms with van der Waals surface area (Å²) in [5.41, 5.74) is 0.386. The lowest BCUT2D eigenvalue weighted by Gasteiger charge is -2.16. The second-order valence-electron chi connectivity index (χ2n) is 4.12. The summed E-state index contributed by atoms with van der Waals surface area (Å²) < 4.78 is 5.61. The number of hydrogen-bond donors (Lipinski definition) is 1. The first-order valence-electron chi connectivity index (χ1n) is 5.92.